The summed E-state index contributed by atoms with van der Waals surface area (Å²) in [5.41, 5.74) is 12.4. The second kappa shape index (κ2) is 5.37. The minimum Gasteiger partial charge on any atom is -0.399 e. The Morgan fingerprint density at radius 3 is 2.81 bits per heavy atom. The highest BCUT2D eigenvalue weighted by atomic mass is 16.5. The van der Waals surface area contributed by atoms with Gasteiger partial charge in [-0.15, -0.1) is 0 Å². The summed E-state index contributed by atoms with van der Waals surface area (Å²) in [6.07, 6.45) is 0.0540. The third kappa shape index (κ3) is 3.13. The maximum atomic E-state index is 11.2. The second-order valence-corrected chi connectivity index (χ2v) is 3.60. The lowest BCUT2D eigenvalue weighted by Crippen LogP contribution is -2.21. The number of amides is 1. The Kier molecular flexibility index (Phi) is 4.13. The molecule has 0 aliphatic rings. The van der Waals surface area contributed by atoms with Crippen LogP contribution in [0.5, 0.6) is 0 Å². The van der Waals surface area contributed by atoms with Gasteiger partial charge in [-0.25, -0.2) is 0 Å². The minimum absolute atomic E-state index is 0.0540. The molecular weight excluding hydrogens is 206 g/mol. The average Bonchev–Trinajstić information content (AvgIpc) is 2.26. The van der Waals surface area contributed by atoms with Gasteiger partial charge < -0.3 is 21.5 Å². The van der Waals surface area contributed by atoms with E-state index in [1.54, 1.807) is 25.3 Å². The molecule has 1 atom stereocenters. The molecular formula is C11H17N3O2. The highest BCUT2D eigenvalue weighted by Gasteiger charge is 2.09. The number of hydrogen-bond donors (Lipinski definition) is 3. The lowest BCUT2D eigenvalue weighted by Gasteiger charge is -2.14. The van der Waals surface area contributed by atoms with Gasteiger partial charge in [0.2, 0.25) is 0 Å². The number of nitrogen functional groups attached to an aromatic ring is 1. The summed E-state index contributed by atoms with van der Waals surface area (Å²) < 4.78 is 5.09. The van der Waals surface area contributed by atoms with E-state index in [0.29, 0.717) is 23.5 Å². The zero-order chi connectivity index (χ0) is 12.1. The van der Waals surface area contributed by atoms with Crippen molar-refractivity contribution >= 4 is 17.3 Å². The monoisotopic (exact) mass is 223 g/mol. The summed E-state index contributed by atoms with van der Waals surface area (Å²) in [4.78, 5) is 11.2. The van der Waals surface area contributed by atoms with Gasteiger partial charge in [0.15, 0.2) is 0 Å². The smallest absolute Gasteiger partial charge is 0.250 e. The predicted octanol–water partition coefficient (Wildman–Crippen LogP) is 0.815. The van der Waals surface area contributed by atoms with Crippen LogP contribution in [0.15, 0.2) is 18.2 Å². The molecule has 0 bridgehead atoms. The molecule has 0 aliphatic carbocycles. The van der Waals surface area contributed by atoms with Crippen molar-refractivity contribution in [3.63, 3.8) is 0 Å². The van der Waals surface area contributed by atoms with Crippen molar-refractivity contribution in [2.75, 3.05) is 24.7 Å². The molecule has 1 rings (SSSR count). The van der Waals surface area contributed by atoms with E-state index in [0.717, 1.165) is 0 Å². The number of methoxy groups -OCH3 is 1. The summed E-state index contributed by atoms with van der Waals surface area (Å²) in [5, 5.41) is 3.09. The van der Waals surface area contributed by atoms with E-state index in [4.69, 9.17) is 16.2 Å². The molecule has 16 heavy (non-hydrogen) atoms. The van der Waals surface area contributed by atoms with Crippen molar-refractivity contribution in [2.24, 2.45) is 5.73 Å². The Labute approximate surface area is 94.8 Å². The highest BCUT2D eigenvalue weighted by molar-refractivity contribution is 5.99. The van der Waals surface area contributed by atoms with Crippen LogP contribution in [0.25, 0.3) is 0 Å². The summed E-state index contributed by atoms with van der Waals surface area (Å²) in [7, 11) is 1.63. The van der Waals surface area contributed by atoms with Crippen molar-refractivity contribution in [2.45, 2.75) is 13.0 Å². The molecule has 5 N–H and O–H groups in total. The molecule has 5 heteroatoms. The molecule has 1 aromatic carbocycles. The quantitative estimate of drug-likeness (QED) is 0.644. The van der Waals surface area contributed by atoms with Gasteiger partial charge in [-0.1, -0.05) is 0 Å². The van der Waals surface area contributed by atoms with Crippen LogP contribution in [-0.2, 0) is 4.74 Å². The molecule has 88 valence electrons. The van der Waals surface area contributed by atoms with E-state index in [-0.39, 0.29) is 6.10 Å². The second-order valence-electron chi connectivity index (χ2n) is 3.60. The first-order chi connectivity index (χ1) is 7.54. The Hall–Kier alpha value is -1.75. The van der Waals surface area contributed by atoms with E-state index < -0.39 is 5.91 Å². The first-order valence-corrected chi connectivity index (χ1v) is 5.00. The summed E-state index contributed by atoms with van der Waals surface area (Å²) >= 11 is 0. The van der Waals surface area contributed by atoms with Crippen LogP contribution in [0.2, 0.25) is 0 Å². The maximum Gasteiger partial charge on any atom is 0.250 e. The molecule has 0 spiro atoms. The van der Waals surface area contributed by atoms with Crippen LogP contribution in [0.1, 0.15) is 17.3 Å². The molecule has 0 saturated heterocycles. The minimum atomic E-state index is -0.500. The fraction of sp³-hybridized carbons (Fsp3) is 0.364. The van der Waals surface area contributed by atoms with Crippen LogP contribution in [0.4, 0.5) is 11.4 Å². The van der Waals surface area contributed by atoms with Crippen LogP contribution in [-0.4, -0.2) is 25.7 Å². The molecule has 1 amide bonds. The van der Waals surface area contributed by atoms with Crippen molar-refractivity contribution < 1.29 is 9.53 Å². The normalized spacial score (nSPS) is 12.1. The molecule has 1 unspecified atom stereocenters. The van der Waals surface area contributed by atoms with Crippen molar-refractivity contribution in [1.82, 2.24) is 0 Å². The molecule has 0 heterocycles. The van der Waals surface area contributed by atoms with Gasteiger partial charge in [-0.3, -0.25) is 4.79 Å². The fourth-order valence-corrected chi connectivity index (χ4v) is 1.26. The van der Waals surface area contributed by atoms with Gasteiger partial charge in [0, 0.05) is 25.0 Å². The van der Waals surface area contributed by atoms with Crippen LogP contribution in [0.3, 0.4) is 0 Å². The lowest BCUT2D eigenvalue weighted by atomic mass is 10.1. The molecule has 0 fully saturated rings. The van der Waals surface area contributed by atoms with Crippen molar-refractivity contribution in [3.05, 3.63) is 23.8 Å². The SMILES string of the molecule is COC(C)CNc1ccc(N)cc1C(N)=O. The van der Waals surface area contributed by atoms with Gasteiger partial charge in [0.05, 0.1) is 11.7 Å². The Morgan fingerprint density at radius 1 is 1.56 bits per heavy atom. The van der Waals surface area contributed by atoms with Gasteiger partial charge >= 0.3 is 0 Å². The number of carbonyl (C=O) groups is 1. The van der Waals surface area contributed by atoms with Crippen molar-refractivity contribution in [1.29, 1.82) is 0 Å². The van der Waals surface area contributed by atoms with Crippen molar-refractivity contribution in [3.8, 4) is 0 Å². The number of primary amides is 1. The molecule has 5 nitrogen and oxygen atoms in total. The highest BCUT2D eigenvalue weighted by Crippen LogP contribution is 2.18. The Bertz CT molecular complexity index is 379. The number of anilines is 2. The molecule has 0 aliphatic heterocycles. The number of ether oxygens (including phenoxy) is 1. The zero-order valence-electron chi connectivity index (χ0n) is 9.49. The Morgan fingerprint density at radius 2 is 2.25 bits per heavy atom. The summed E-state index contributed by atoms with van der Waals surface area (Å²) in [6.45, 7) is 2.52. The van der Waals surface area contributed by atoms with E-state index >= 15 is 0 Å². The van der Waals surface area contributed by atoms with E-state index in [1.165, 1.54) is 0 Å². The largest absolute Gasteiger partial charge is 0.399 e. The predicted molar refractivity (Wildman–Crippen MR) is 64.3 cm³/mol. The van der Waals surface area contributed by atoms with E-state index in [2.05, 4.69) is 5.32 Å². The number of nitrogens with one attached hydrogen (secondary N) is 1. The third-order valence-electron chi connectivity index (χ3n) is 2.29. The standard InChI is InChI=1S/C11H17N3O2/c1-7(16-2)6-14-10-4-3-8(12)5-9(10)11(13)15/h3-5,7,14H,6,12H2,1-2H3,(H2,13,15). The molecule has 0 aromatic heterocycles. The van der Waals surface area contributed by atoms with Gasteiger partial charge in [0.1, 0.15) is 0 Å². The average molecular weight is 223 g/mol. The summed E-state index contributed by atoms with van der Waals surface area (Å²) in [6, 6.07) is 5.01. The number of carbonyl (C=O) groups excluding carboxylic acids is 1. The van der Waals surface area contributed by atoms with Crippen LogP contribution < -0.4 is 16.8 Å². The molecule has 0 radical (unpaired) electrons. The first-order valence-electron chi connectivity index (χ1n) is 5.00. The zero-order valence-corrected chi connectivity index (χ0v) is 9.49. The summed E-state index contributed by atoms with van der Waals surface area (Å²) in [5.74, 6) is -0.500. The third-order valence-corrected chi connectivity index (χ3v) is 2.29. The van der Waals surface area contributed by atoms with E-state index in [9.17, 15) is 4.79 Å². The van der Waals surface area contributed by atoms with E-state index in [1.807, 2.05) is 6.92 Å². The lowest BCUT2D eigenvalue weighted by molar-refractivity contribution is 0.100. The van der Waals surface area contributed by atoms with Crippen LogP contribution >= 0.6 is 0 Å². The number of hydrogen-bond acceptors (Lipinski definition) is 4. The Balaban J connectivity index is 2.82. The topological polar surface area (TPSA) is 90.4 Å². The molecule has 0 saturated carbocycles. The number of nitrogens with two attached hydrogens (primary N) is 2. The number of rotatable bonds is 5. The van der Waals surface area contributed by atoms with Gasteiger partial charge in [-0.2, -0.15) is 0 Å². The number of benzene rings is 1. The maximum absolute atomic E-state index is 11.2. The fourth-order valence-electron chi connectivity index (χ4n) is 1.26. The van der Waals surface area contributed by atoms with Crippen LogP contribution in [0, 0.1) is 0 Å². The van der Waals surface area contributed by atoms with Gasteiger partial charge in [0.25, 0.3) is 5.91 Å². The van der Waals surface area contributed by atoms with Gasteiger partial charge in [-0.05, 0) is 25.1 Å². The first kappa shape index (κ1) is 12.3. The molecule has 1 aromatic rings.